The highest BCUT2D eigenvalue weighted by atomic mass is 79.9. The molecule has 32 heavy (non-hydrogen) atoms. The summed E-state index contributed by atoms with van der Waals surface area (Å²) in [6.45, 7) is 0.357. The van der Waals surface area contributed by atoms with Crippen molar-refractivity contribution in [3.05, 3.63) is 94.0 Å². The number of imide groups is 2. The first kappa shape index (κ1) is 21.3. The van der Waals surface area contributed by atoms with Crippen LogP contribution >= 0.6 is 15.9 Å². The van der Waals surface area contributed by atoms with Crippen LogP contribution in [-0.4, -0.2) is 23.0 Å². The number of nitrogens with one attached hydrogen (secondary N) is 1. The van der Waals surface area contributed by atoms with Gasteiger partial charge >= 0.3 is 6.03 Å². The van der Waals surface area contributed by atoms with Crippen LogP contribution in [0.4, 0.5) is 10.5 Å². The van der Waals surface area contributed by atoms with Crippen LogP contribution in [0.2, 0.25) is 0 Å². The number of hydrogen-bond donors (Lipinski definition) is 2. The van der Waals surface area contributed by atoms with Crippen LogP contribution in [0.3, 0.4) is 0 Å². The summed E-state index contributed by atoms with van der Waals surface area (Å²) in [7, 11) is 0. The summed E-state index contributed by atoms with van der Waals surface area (Å²) in [5, 5.41) is 11.6. The van der Waals surface area contributed by atoms with Crippen molar-refractivity contribution in [1.29, 1.82) is 0 Å². The molecule has 2 N–H and O–H groups in total. The number of benzene rings is 3. The molecule has 0 unspecified atom stereocenters. The van der Waals surface area contributed by atoms with Gasteiger partial charge in [-0.15, -0.1) is 0 Å². The summed E-state index contributed by atoms with van der Waals surface area (Å²) >= 11 is 3.39. The third-order valence-corrected chi connectivity index (χ3v) is 5.23. The Morgan fingerprint density at radius 3 is 2.41 bits per heavy atom. The van der Waals surface area contributed by atoms with E-state index in [0.717, 1.165) is 14.9 Å². The predicted molar refractivity (Wildman–Crippen MR) is 122 cm³/mol. The van der Waals surface area contributed by atoms with Crippen LogP contribution in [0.15, 0.2) is 82.8 Å². The van der Waals surface area contributed by atoms with E-state index in [2.05, 4.69) is 21.2 Å². The SMILES string of the molecule is O=C1NC(=O)N(c2ccc(O)cc2)C(=O)/C1=C\c1cccc(OCc2ccc(Br)cc2)c1. The number of rotatable bonds is 5. The van der Waals surface area contributed by atoms with Crippen molar-refractivity contribution < 1.29 is 24.2 Å². The van der Waals surface area contributed by atoms with E-state index in [9.17, 15) is 19.5 Å². The molecule has 4 rings (SSSR count). The zero-order valence-electron chi connectivity index (χ0n) is 16.6. The molecule has 4 amide bonds. The van der Waals surface area contributed by atoms with Gasteiger partial charge in [0.05, 0.1) is 5.69 Å². The van der Waals surface area contributed by atoms with Crippen molar-refractivity contribution in [3.63, 3.8) is 0 Å². The average molecular weight is 493 g/mol. The molecule has 0 atom stereocenters. The van der Waals surface area contributed by atoms with E-state index in [1.165, 1.54) is 30.3 Å². The van der Waals surface area contributed by atoms with Crippen molar-refractivity contribution in [3.8, 4) is 11.5 Å². The minimum absolute atomic E-state index is 0.00888. The van der Waals surface area contributed by atoms with Crippen LogP contribution in [0, 0.1) is 0 Å². The van der Waals surface area contributed by atoms with E-state index >= 15 is 0 Å². The summed E-state index contributed by atoms with van der Waals surface area (Å²) in [5.41, 5.74) is 1.59. The Morgan fingerprint density at radius 2 is 1.69 bits per heavy atom. The second-order valence-corrected chi connectivity index (χ2v) is 7.88. The molecule has 8 heteroatoms. The van der Waals surface area contributed by atoms with Crippen molar-refractivity contribution in [2.24, 2.45) is 0 Å². The molecule has 3 aromatic carbocycles. The lowest BCUT2D eigenvalue weighted by Gasteiger charge is -2.26. The second kappa shape index (κ2) is 9.07. The van der Waals surface area contributed by atoms with Crippen molar-refractivity contribution in [1.82, 2.24) is 5.32 Å². The van der Waals surface area contributed by atoms with Crippen LogP contribution in [0.25, 0.3) is 6.08 Å². The molecule has 0 spiro atoms. The number of amides is 4. The first-order valence-electron chi connectivity index (χ1n) is 9.58. The smallest absolute Gasteiger partial charge is 0.335 e. The number of ether oxygens (including phenoxy) is 1. The van der Waals surface area contributed by atoms with Crippen molar-refractivity contribution in [2.45, 2.75) is 6.61 Å². The largest absolute Gasteiger partial charge is 0.508 e. The molecule has 7 nitrogen and oxygen atoms in total. The van der Waals surface area contributed by atoms with E-state index in [-0.39, 0.29) is 17.0 Å². The van der Waals surface area contributed by atoms with Gasteiger partial charge in [0.2, 0.25) is 0 Å². The van der Waals surface area contributed by atoms with Gasteiger partial charge in [0.1, 0.15) is 23.7 Å². The number of hydrogen-bond acceptors (Lipinski definition) is 5. The average Bonchev–Trinajstić information content (AvgIpc) is 2.78. The molecule has 0 bridgehead atoms. The maximum atomic E-state index is 12.9. The van der Waals surface area contributed by atoms with E-state index in [1.54, 1.807) is 24.3 Å². The van der Waals surface area contributed by atoms with E-state index < -0.39 is 17.8 Å². The van der Waals surface area contributed by atoms with Crippen LogP contribution < -0.4 is 15.0 Å². The molecule has 1 fully saturated rings. The van der Waals surface area contributed by atoms with Gasteiger partial charge in [-0.1, -0.05) is 40.2 Å². The summed E-state index contributed by atoms with van der Waals surface area (Å²) in [4.78, 5) is 38.4. The Kier molecular flexibility index (Phi) is 6.04. The van der Waals surface area contributed by atoms with Crippen LogP contribution in [0.5, 0.6) is 11.5 Å². The summed E-state index contributed by atoms with van der Waals surface area (Å²) in [5.74, 6) is -0.982. The molecule has 0 aliphatic carbocycles. The molecule has 1 heterocycles. The number of nitrogens with zero attached hydrogens (tertiary/aromatic N) is 1. The van der Waals surface area contributed by atoms with Gasteiger partial charge < -0.3 is 9.84 Å². The van der Waals surface area contributed by atoms with Crippen molar-refractivity contribution >= 4 is 45.5 Å². The third kappa shape index (κ3) is 4.70. The van der Waals surface area contributed by atoms with Gasteiger partial charge in [-0.05, 0) is 65.7 Å². The quantitative estimate of drug-likeness (QED) is 0.406. The second-order valence-electron chi connectivity index (χ2n) is 6.96. The van der Waals surface area contributed by atoms with E-state index in [0.29, 0.717) is 17.9 Å². The minimum Gasteiger partial charge on any atom is -0.508 e. The number of phenolic OH excluding ortho intramolecular Hbond substituents is 1. The molecule has 3 aromatic rings. The first-order chi connectivity index (χ1) is 15.4. The minimum atomic E-state index is -0.852. The number of halogens is 1. The van der Waals surface area contributed by atoms with Crippen molar-refractivity contribution in [2.75, 3.05) is 4.90 Å². The lowest BCUT2D eigenvalue weighted by Crippen LogP contribution is -2.54. The Balaban J connectivity index is 1.56. The van der Waals surface area contributed by atoms with Crippen LogP contribution in [-0.2, 0) is 16.2 Å². The highest BCUT2D eigenvalue weighted by Gasteiger charge is 2.36. The molecule has 0 radical (unpaired) electrons. The number of carbonyl (C=O) groups excluding carboxylic acids is 3. The topological polar surface area (TPSA) is 95.9 Å². The Morgan fingerprint density at radius 1 is 0.969 bits per heavy atom. The molecule has 1 saturated heterocycles. The van der Waals surface area contributed by atoms with E-state index in [4.69, 9.17) is 4.74 Å². The predicted octanol–water partition coefficient (Wildman–Crippen LogP) is 4.40. The van der Waals surface area contributed by atoms with Gasteiger partial charge in [0.25, 0.3) is 11.8 Å². The lowest BCUT2D eigenvalue weighted by molar-refractivity contribution is -0.122. The zero-order valence-corrected chi connectivity index (χ0v) is 18.2. The molecule has 1 aliphatic heterocycles. The fourth-order valence-electron chi connectivity index (χ4n) is 3.10. The number of anilines is 1. The van der Waals surface area contributed by atoms with Crippen LogP contribution in [0.1, 0.15) is 11.1 Å². The summed E-state index contributed by atoms with van der Waals surface area (Å²) in [6, 6.07) is 19.3. The fourth-order valence-corrected chi connectivity index (χ4v) is 3.37. The number of barbiturate groups is 1. The number of aromatic hydroxyl groups is 1. The fraction of sp³-hybridized carbons (Fsp3) is 0.0417. The standard InChI is InChI=1S/C24H17BrN2O5/c25-17-6-4-15(5-7-17)14-32-20-3-1-2-16(12-20)13-21-22(29)26-24(31)27(23(21)30)18-8-10-19(28)11-9-18/h1-13,28H,14H2,(H,26,29,31)/b21-13-. The van der Waals surface area contributed by atoms with E-state index in [1.807, 2.05) is 24.3 Å². The monoisotopic (exact) mass is 492 g/mol. The molecular formula is C24H17BrN2O5. The molecule has 0 aromatic heterocycles. The number of phenols is 1. The zero-order chi connectivity index (χ0) is 22.7. The maximum absolute atomic E-state index is 12.9. The molecule has 160 valence electrons. The number of urea groups is 1. The molecule has 0 saturated carbocycles. The molecular weight excluding hydrogens is 476 g/mol. The number of carbonyl (C=O) groups is 3. The lowest BCUT2D eigenvalue weighted by atomic mass is 10.1. The Hall–Kier alpha value is -3.91. The molecule has 1 aliphatic rings. The van der Waals surface area contributed by atoms with Gasteiger partial charge in [-0.25, -0.2) is 9.69 Å². The maximum Gasteiger partial charge on any atom is 0.335 e. The Labute approximate surface area is 192 Å². The Bertz CT molecular complexity index is 1220. The van der Waals surface area contributed by atoms with Gasteiger partial charge in [0, 0.05) is 4.47 Å². The summed E-state index contributed by atoms with van der Waals surface area (Å²) < 4.78 is 6.79. The summed E-state index contributed by atoms with van der Waals surface area (Å²) in [6.07, 6.45) is 1.41. The normalized spacial score (nSPS) is 15.1. The third-order valence-electron chi connectivity index (χ3n) is 4.70. The van der Waals surface area contributed by atoms with Gasteiger partial charge in [0.15, 0.2) is 0 Å². The highest BCUT2D eigenvalue weighted by molar-refractivity contribution is 9.10. The van der Waals surface area contributed by atoms with Gasteiger partial charge in [-0.3, -0.25) is 14.9 Å². The van der Waals surface area contributed by atoms with Gasteiger partial charge in [-0.2, -0.15) is 0 Å². The highest BCUT2D eigenvalue weighted by Crippen LogP contribution is 2.25. The first-order valence-corrected chi connectivity index (χ1v) is 10.4.